The van der Waals surface area contributed by atoms with Crippen LogP contribution in [0.2, 0.25) is 0 Å². The lowest BCUT2D eigenvalue weighted by atomic mass is 9.91. The lowest BCUT2D eigenvalue weighted by Crippen LogP contribution is -2.52. The standard InChI is InChI=1S/C21H35N3O2/c1-16-6-11-22(12-7-16)21(26)18-3-2-10-24(15-18)19-8-13-23(14-9-19)20(25)17-4-5-17/h16-19H,2-15H2,1H3/t18-/m1/s1. The highest BCUT2D eigenvalue weighted by Crippen LogP contribution is 2.33. The van der Waals surface area contributed by atoms with Crippen molar-refractivity contribution in [1.82, 2.24) is 14.7 Å². The molecule has 1 aliphatic carbocycles. The van der Waals surface area contributed by atoms with Gasteiger partial charge in [0.25, 0.3) is 0 Å². The first kappa shape index (κ1) is 18.3. The van der Waals surface area contributed by atoms with Gasteiger partial charge < -0.3 is 9.80 Å². The molecule has 0 unspecified atom stereocenters. The lowest BCUT2D eigenvalue weighted by Gasteiger charge is -2.43. The number of hydrogen-bond acceptors (Lipinski definition) is 3. The second-order valence-corrected chi connectivity index (χ2v) is 9.17. The molecule has 1 saturated carbocycles. The molecule has 3 heterocycles. The van der Waals surface area contributed by atoms with Gasteiger partial charge in [0.1, 0.15) is 0 Å². The molecule has 0 N–H and O–H groups in total. The van der Waals surface area contributed by atoms with E-state index >= 15 is 0 Å². The minimum Gasteiger partial charge on any atom is -0.342 e. The highest BCUT2D eigenvalue weighted by molar-refractivity contribution is 5.81. The molecule has 4 fully saturated rings. The van der Waals surface area contributed by atoms with Crippen LogP contribution >= 0.6 is 0 Å². The largest absolute Gasteiger partial charge is 0.342 e. The average Bonchev–Trinajstić information content (AvgIpc) is 3.53. The molecule has 146 valence electrons. The maximum Gasteiger partial charge on any atom is 0.226 e. The van der Waals surface area contributed by atoms with Gasteiger partial charge in [-0.2, -0.15) is 0 Å². The summed E-state index contributed by atoms with van der Waals surface area (Å²) in [7, 11) is 0. The molecule has 0 spiro atoms. The number of carbonyl (C=O) groups excluding carboxylic acids is 2. The van der Waals surface area contributed by atoms with Crippen molar-refractivity contribution in [2.24, 2.45) is 17.8 Å². The van der Waals surface area contributed by atoms with Crippen molar-refractivity contribution in [3.8, 4) is 0 Å². The van der Waals surface area contributed by atoms with Gasteiger partial charge in [-0.1, -0.05) is 6.92 Å². The lowest BCUT2D eigenvalue weighted by molar-refractivity contribution is -0.139. The maximum atomic E-state index is 13.0. The Kier molecular flexibility index (Phi) is 5.53. The van der Waals surface area contributed by atoms with Crippen LogP contribution in [-0.4, -0.2) is 71.8 Å². The summed E-state index contributed by atoms with van der Waals surface area (Å²) in [6, 6.07) is 0.565. The number of piperidine rings is 3. The summed E-state index contributed by atoms with van der Waals surface area (Å²) in [5.41, 5.74) is 0. The van der Waals surface area contributed by atoms with E-state index in [9.17, 15) is 9.59 Å². The van der Waals surface area contributed by atoms with Crippen LogP contribution in [0.1, 0.15) is 58.3 Å². The van der Waals surface area contributed by atoms with Gasteiger partial charge in [0, 0.05) is 44.7 Å². The molecule has 3 aliphatic heterocycles. The van der Waals surface area contributed by atoms with E-state index in [1.807, 2.05) is 0 Å². The molecule has 5 nitrogen and oxygen atoms in total. The molecule has 1 atom stereocenters. The molecule has 4 aliphatic rings. The number of nitrogens with zero attached hydrogens (tertiary/aromatic N) is 3. The molecule has 26 heavy (non-hydrogen) atoms. The zero-order valence-electron chi connectivity index (χ0n) is 16.4. The molecule has 0 aromatic heterocycles. The minimum absolute atomic E-state index is 0.197. The van der Waals surface area contributed by atoms with Gasteiger partial charge in [-0.05, 0) is 63.8 Å². The maximum absolute atomic E-state index is 13.0. The van der Waals surface area contributed by atoms with E-state index in [-0.39, 0.29) is 5.92 Å². The topological polar surface area (TPSA) is 43.9 Å². The number of likely N-dealkylation sites (tertiary alicyclic amines) is 3. The SMILES string of the molecule is CC1CCN(C(=O)[C@@H]2CCCN(C3CCN(C(=O)C4CC4)CC3)C2)CC1. The van der Waals surface area contributed by atoms with Gasteiger partial charge in [0.15, 0.2) is 0 Å². The Balaban J connectivity index is 1.27. The first-order valence-electron chi connectivity index (χ1n) is 10.9. The van der Waals surface area contributed by atoms with Crippen molar-refractivity contribution in [1.29, 1.82) is 0 Å². The second-order valence-electron chi connectivity index (χ2n) is 9.17. The molecule has 3 saturated heterocycles. The molecule has 0 aromatic rings. The highest BCUT2D eigenvalue weighted by atomic mass is 16.2. The first-order chi connectivity index (χ1) is 12.6. The van der Waals surface area contributed by atoms with Crippen LogP contribution in [0, 0.1) is 17.8 Å². The fourth-order valence-corrected chi connectivity index (χ4v) is 5.07. The van der Waals surface area contributed by atoms with E-state index in [4.69, 9.17) is 0 Å². The first-order valence-corrected chi connectivity index (χ1v) is 10.9. The van der Waals surface area contributed by atoms with Crippen molar-refractivity contribution in [2.75, 3.05) is 39.3 Å². The van der Waals surface area contributed by atoms with Gasteiger partial charge in [0.05, 0.1) is 5.92 Å². The van der Waals surface area contributed by atoms with Crippen LogP contribution in [0.25, 0.3) is 0 Å². The number of rotatable bonds is 3. The zero-order valence-corrected chi connectivity index (χ0v) is 16.4. The Morgan fingerprint density at radius 2 is 1.27 bits per heavy atom. The molecular formula is C21H35N3O2. The number of carbonyl (C=O) groups is 2. The van der Waals surface area contributed by atoms with Gasteiger partial charge in [-0.3, -0.25) is 14.5 Å². The van der Waals surface area contributed by atoms with Gasteiger partial charge in [0.2, 0.25) is 11.8 Å². The van der Waals surface area contributed by atoms with Gasteiger partial charge in [-0.25, -0.2) is 0 Å². The summed E-state index contributed by atoms with van der Waals surface area (Å²) in [5.74, 6) is 2.11. The Morgan fingerprint density at radius 3 is 1.88 bits per heavy atom. The van der Waals surface area contributed by atoms with Gasteiger partial charge in [-0.15, -0.1) is 0 Å². The van der Waals surface area contributed by atoms with E-state index in [1.165, 1.54) is 0 Å². The van der Waals surface area contributed by atoms with Crippen molar-refractivity contribution in [3.05, 3.63) is 0 Å². The summed E-state index contributed by atoms with van der Waals surface area (Å²) >= 11 is 0. The molecule has 5 heteroatoms. The van der Waals surface area contributed by atoms with E-state index in [1.54, 1.807) is 0 Å². The second kappa shape index (κ2) is 7.87. The minimum atomic E-state index is 0.197. The van der Waals surface area contributed by atoms with E-state index < -0.39 is 0 Å². The van der Waals surface area contributed by atoms with Crippen molar-refractivity contribution >= 4 is 11.8 Å². The summed E-state index contributed by atoms with van der Waals surface area (Å²) < 4.78 is 0. The monoisotopic (exact) mass is 361 g/mol. The summed E-state index contributed by atoms with van der Waals surface area (Å²) in [6.07, 6.45) is 8.89. The normalized spacial score (nSPS) is 29.8. The summed E-state index contributed by atoms with van der Waals surface area (Å²) in [4.78, 5) is 32.0. The predicted molar refractivity (Wildman–Crippen MR) is 102 cm³/mol. The Hall–Kier alpha value is -1.10. The van der Waals surface area contributed by atoms with Crippen LogP contribution in [-0.2, 0) is 9.59 Å². The van der Waals surface area contributed by atoms with Crippen LogP contribution in [0.5, 0.6) is 0 Å². The number of hydrogen-bond donors (Lipinski definition) is 0. The molecule has 2 amide bonds. The molecule has 4 rings (SSSR count). The zero-order chi connectivity index (χ0) is 18.1. The summed E-state index contributed by atoms with van der Waals surface area (Å²) in [6.45, 7) is 8.10. The van der Waals surface area contributed by atoms with E-state index in [0.717, 1.165) is 96.6 Å². The Bertz CT molecular complexity index is 517. The van der Waals surface area contributed by atoms with Crippen molar-refractivity contribution in [3.63, 3.8) is 0 Å². The Morgan fingerprint density at radius 1 is 0.692 bits per heavy atom. The highest BCUT2D eigenvalue weighted by Gasteiger charge is 2.37. The molecule has 0 bridgehead atoms. The quantitative estimate of drug-likeness (QED) is 0.775. The van der Waals surface area contributed by atoms with Crippen molar-refractivity contribution < 1.29 is 9.59 Å². The van der Waals surface area contributed by atoms with Gasteiger partial charge >= 0.3 is 0 Å². The predicted octanol–water partition coefficient (Wildman–Crippen LogP) is 2.36. The third kappa shape index (κ3) is 4.08. The Labute approximate surface area is 158 Å². The van der Waals surface area contributed by atoms with E-state index in [0.29, 0.717) is 23.8 Å². The van der Waals surface area contributed by atoms with Crippen LogP contribution in [0.4, 0.5) is 0 Å². The van der Waals surface area contributed by atoms with Crippen LogP contribution in [0.15, 0.2) is 0 Å². The smallest absolute Gasteiger partial charge is 0.226 e. The summed E-state index contributed by atoms with van der Waals surface area (Å²) in [5, 5.41) is 0. The third-order valence-electron chi connectivity index (χ3n) is 7.12. The molecular weight excluding hydrogens is 326 g/mol. The molecule has 0 radical (unpaired) electrons. The van der Waals surface area contributed by atoms with E-state index in [2.05, 4.69) is 21.6 Å². The average molecular weight is 362 g/mol. The van der Waals surface area contributed by atoms with Crippen LogP contribution < -0.4 is 0 Å². The fourth-order valence-electron chi connectivity index (χ4n) is 5.07. The molecule has 0 aromatic carbocycles. The number of amides is 2. The van der Waals surface area contributed by atoms with Crippen molar-refractivity contribution in [2.45, 2.75) is 64.3 Å². The van der Waals surface area contributed by atoms with Crippen LogP contribution in [0.3, 0.4) is 0 Å². The third-order valence-corrected chi connectivity index (χ3v) is 7.12. The fraction of sp³-hybridized carbons (Fsp3) is 0.905.